The molecule has 11 heteroatoms. The number of hydrogen-bond acceptors (Lipinski definition) is 6. The summed E-state index contributed by atoms with van der Waals surface area (Å²) in [5.74, 6) is -3.17. The SMILES string of the molecule is Cc1cc([C@@H](C)Oc2ccc(F)c(F)c2S(N)(=O)=O)c2oc(-c3cnn(C)c3)c(C)c(=O)c2c1. The van der Waals surface area contributed by atoms with Gasteiger partial charge in [0.25, 0.3) is 0 Å². The molecule has 178 valence electrons. The van der Waals surface area contributed by atoms with E-state index in [4.69, 9.17) is 14.3 Å². The Bertz CT molecular complexity index is 1610. The number of hydrogen-bond donors (Lipinski definition) is 1. The first-order valence-corrected chi connectivity index (χ1v) is 11.7. The number of fused-ring (bicyclic) bond motifs is 1. The molecular weight excluding hydrogens is 468 g/mol. The molecule has 2 aromatic heterocycles. The molecule has 0 aliphatic heterocycles. The molecule has 2 aromatic carbocycles. The number of halogens is 2. The Balaban J connectivity index is 1.91. The van der Waals surface area contributed by atoms with Crippen LogP contribution in [0.25, 0.3) is 22.3 Å². The van der Waals surface area contributed by atoms with Crippen molar-refractivity contribution in [1.29, 1.82) is 0 Å². The molecule has 34 heavy (non-hydrogen) atoms. The first-order chi connectivity index (χ1) is 15.9. The van der Waals surface area contributed by atoms with Crippen LogP contribution >= 0.6 is 0 Å². The molecule has 2 heterocycles. The Morgan fingerprint density at radius 1 is 1.21 bits per heavy atom. The molecule has 0 unspecified atom stereocenters. The predicted octanol–water partition coefficient (Wildman–Crippen LogP) is 3.88. The van der Waals surface area contributed by atoms with Crippen LogP contribution in [0.15, 0.2) is 50.8 Å². The lowest BCUT2D eigenvalue weighted by atomic mass is 10.0. The van der Waals surface area contributed by atoms with Crippen LogP contribution in [-0.2, 0) is 17.1 Å². The average molecular weight is 490 g/mol. The molecule has 0 spiro atoms. The highest BCUT2D eigenvalue weighted by molar-refractivity contribution is 7.89. The average Bonchev–Trinajstić information content (AvgIpc) is 3.18. The molecular formula is C23H21F2N3O5S. The highest BCUT2D eigenvalue weighted by atomic mass is 32.2. The van der Waals surface area contributed by atoms with E-state index in [1.165, 1.54) is 0 Å². The van der Waals surface area contributed by atoms with Gasteiger partial charge in [-0.25, -0.2) is 22.3 Å². The van der Waals surface area contributed by atoms with E-state index >= 15 is 0 Å². The number of aryl methyl sites for hydroxylation is 2. The van der Waals surface area contributed by atoms with Crippen molar-refractivity contribution < 1.29 is 26.4 Å². The maximum atomic E-state index is 14.3. The maximum Gasteiger partial charge on any atom is 0.244 e. The van der Waals surface area contributed by atoms with Gasteiger partial charge in [0.15, 0.2) is 22.0 Å². The molecule has 1 atom stereocenters. The van der Waals surface area contributed by atoms with Crippen LogP contribution in [0.3, 0.4) is 0 Å². The molecule has 8 nitrogen and oxygen atoms in total. The first kappa shape index (κ1) is 23.6. The molecule has 0 radical (unpaired) electrons. The van der Waals surface area contributed by atoms with E-state index in [-0.39, 0.29) is 11.0 Å². The monoisotopic (exact) mass is 489 g/mol. The fourth-order valence-electron chi connectivity index (χ4n) is 3.81. The van der Waals surface area contributed by atoms with Gasteiger partial charge in [-0.05, 0) is 50.6 Å². The van der Waals surface area contributed by atoms with Crippen molar-refractivity contribution in [3.05, 3.63) is 75.2 Å². The molecule has 4 aromatic rings. The van der Waals surface area contributed by atoms with Gasteiger partial charge in [0, 0.05) is 24.4 Å². The second-order valence-corrected chi connectivity index (χ2v) is 9.51. The number of primary sulfonamides is 1. The fourth-order valence-corrected chi connectivity index (χ4v) is 4.55. The Morgan fingerprint density at radius 2 is 1.91 bits per heavy atom. The van der Waals surface area contributed by atoms with Gasteiger partial charge in [0.2, 0.25) is 10.0 Å². The normalized spacial score (nSPS) is 12.8. The molecule has 0 fully saturated rings. The van der Waals surface area contributed by atoms with Gasteiger partial charge in [-0.1, -0.05) is 0 Å². The quantitative estimate of drug-likeness (QED) is 0.455. The summed E-state index contributed by atoms with van der Waals surface area (Å²) in [5.41, 5.74) is 2.07. The van der Waals surface area contributed by atoms with Crippen molar-refractivity contribution in [2.75, 3.05) is 0 Å². The van der Waals surface area contributed by atoms with Gasteiger partial charge >= 0.3 is 0 Å². The summed E-state index contributed by atoms with van der Waals surface area (Å²) >= 11 is 0. The molecule has 0 saturated heterocycles. The largest absolute Gasteiger partial charge is 0.484 e. The van der Waals surface area contributed by atoms with E-state index in [2.05, 4.69) is 5.10 Å². The molecule has 4 rings (SSSR count). The van der Waals surface area contributed by atoms with Gasteiger partial charge in [0.05, 0.1) is 17.1 Å². The van der Waals surface area contributed by atoms with Crippen LogP contribution < -0.4 is 15.3 Å². The lowest BCUT2D eigenvalue weighted by molar-refractivity contribution is 0.217. The molecule has 0 saturated carbocycles. The number of benzene rings is 2. The molecule has 0 bridgehead atoms. The van der Waals surface area contributed by atoms with Crippen molar-refractivity contribution in [3.8, 4) is 17.1 Å². The van der Waals surface area contributed by atoms with Crippen molar-refractivity contribution in [2.45, 2.75) is 31.8 Å². The van der Waals surface area contributed by atoms with Gasteiger partial charge in [0.1, 0.15) is 23.2 Å². The minimum absolute atomic E-state index is 0.215. The fraction of sp³-hybridized carbons (Fsp3) is 0.217. The van der Waals surface area contributed by atoms with Gasteiger partial charge in [-0.3, -0.25) is 9.48 Å². The highest BCUT2D eigenvalue weighted by Gasteiger charge is 2.27. The summed E-state index contributed by atoms with van der Waals surface area (Å²) in [4.78, 5) is 12.1. The van der Waals surface area contributed by atoms with Crippen molar-refractivity contribution in [1.82, 2.24) is 9.78 Å². The minimum atomic E-state index is -4.64. The highest BCUT2D eigenvalue weighted by Crippen LogP contribution is 2.35. The number of ether oxygens (including phenoxy) is 1. The van der Waals surface area contributed by atoms with Crippen molar-refractivity contribution >= 4 is 21.0 Å². The van der Waals surface area contributed by atoms with Crippen LogP contribution in [0.2, 0.25) is 0 Å². The number of sulfonamides is 1. The van der Waals surface area contributed by atoms with E-state index < -0.39 is 38.4 Å². The third kappa shape index (κ3) is 4.08. The van der Waals surface area contributed by atoms with Gasteiger partial charge in [-0.15, -0.1) is 0 Å². The van der Waals surface area contributed by atoms with E-state index in [1.54, 1.807) is 57.0 Å². The minimum Gasteiger partial charge on any atom is -0.484 e. The zero-order valence-electron chi connectivity index (χ0n) is 18.7. The van der Waals surface area contributed by atoms with Gasteiger partial charge < -0.3 is 9.15 Å². The van der Waals surface area contributed by atoms with E-state index in [0.717, 1.165) is 17.7 Å². The summed E-state index contributed by atoms with van der Waals surface area (Å²) in [7, 11) is -2.91. The topological polar surface area (TPSA) is 117 Å². The lowest BCUT2D eigenvalue weighted by Gasteiger charge is -2.19. The molecule has 0 aliphatic rings. The lowest BCUT2D eigenvalue weighted by Crippen LogP contribution is -2.18. The molecule has 2 N–H and O–H groups in total. The van der Waals surface area contributed by atoms with Gasteiger partial charge in [-0.2, -0.15) is 5.10 Å². The van der Waals surface area contributed by atoms with Crippen LogP contribution in [0.5, 0.6) is 5.75 Å². The van der Waals surface area contributed by atoms with Crippen LogP contribution in [0.4, 0.5) is 8.78 Å². The van der Waals surface area contributed by atoms with E-state index in [1.807, 2.05) is 0 Å². The zero-order valence-corrected chi connectivity index (χ0v) is 19.5. The summed E-state index contributed by atoms with van der Waals surface area (Å²) in [6.45, 7) is 4.98. The van der Waals surface area contributed by atoms with E-state index in [9.17, 15) is 22.0 Å². The Labute approximate surface area is 193 Å². The Kier molecular flexibility index (Phi) is 5.78. The summed E-state index contributed by atoms with van der Waals surface area (Å²) < 4.78 is 65.3. The first-order valence-electron chi connectivity index (χ1n) is 10.1. The predicted molar refractivity (Wildman–Crippen MR) is 121 cm³/mol. The Hall–Kier alpha value is -3.57. The zero-order chi connectivity index (χ0) is 24.9. The second kappa shape index (κ2) is 8.33. The summed E-state index contributed by atoms with van der Waals surface area (Å²) in [6, 6.07) is 5.10. The third-order valence-corrected chi connectivity index (χ3v) is 6.35. The Morgan fingerprint density at radius 3 is 2.53 bits per heavy atom. The van der Waals surface area contributed by atoms with Crippen LogP contribution in [0.1, 0.15) is 29.7 Å². The van der Waals surface area contributed by atoms with E-state index in [0.29, 0.717) is 27.8 Å². The standard InChI is InChI=1S/C23H21F2N3O5S/c1-11-7-15(13(3)32-18-6-5-17(24)19(25)23(18)34(26,30)31)22-16(8-11)20(29)12(2)21(33-22)14-9-27-28(4)10-14/h5-10,13H,1-4H3,(H2,26,30,31)/t13-/m1/s1. The smallest absolute Gasteiger partial charge is 0.244 e. The summed E-state index contributed by atoms with van der Waals surface area (Å²) in [6.07, 6.45) is 2.33. The number of rotatable bonds is 5. The number of aromatic nitrogens is 2. The summed E-state index contributed by atoms with van der Waals surface area (Å²) in [5, 5.41) is 9.51. The number of nitrogens with zero attached hydrogens (tertiary/aromatic N) is 2. The van der Waals surface area contributed by atoms with Crippen LogP contribution in [-0.4, -0.2) is 18.2 Å². The van der Waals surface area contributed by atoms with Crippen LogP contribution in [0, 0.1) is 25.5 Å². The number of nitrogens with two attached hydrogens (primary N) is 1. The molecule has 0 aliphatic carbocycles. The second-order valence-electron chi connectivity index (χ2n) is 8.01. The maximum absolute atomic E-state index is 14.3. The molecule has 0 amide bonds. The van der Waals surface area contributed by atoms with Crippen molar-refractivity contribution in [3.63, 3.8) is 0 Å². The van der Waals surface area contributed by atoms with Crippen molar-refractivity contribution in [2.24, 2.45) is 12.2 Å². The third-order valence-electron chi connectivity index (χ3n) is 5.40.